The number of amides is 1. The van der Waals surface area contributed by atoms with Crippen molar-refractivity contribution in [1.82, 2.24) is 0 Å². The lowest BCUT2D eigenvalue weighted by Crippen LogP contribution is -2.14. The van der Waals surface area contributed by atoms with E-state index in [0.717, 1.165) is 14.2 Å². The van der Waals surface area contributed by atoms with Crippen LogP contribution in [0.15, 0.2) is 45.8 Å². The van der Waals surface area contributed by atoms with Crippen LogP contribution in [0.25, 0.3) is 6.08 Å². The first kappa shape index (κ1) is 14.5. The Morgan fingerprint density at radius 2 is 2.10 bits per heavy atom. The molecule has 0 saturated carbocycles. The van der Waals surface area contributed by atoms with Gasteiger partial charge in [-0.25, -0.2) is 0 Å². The van der Waals surface area contributed by atoms with Crippen LogP contribution in [0.1, 0.15) is 10.4 Å². The molecule has 0 unspecified atom stereocenters. The van der Waals surface area contributed by atoms with Gasteiger partial charge in [0, 0.05) is 10.6 Å². The highest BCUT2D eigenvalue weighted by Crippen LogP contribution is 2.24. The molecule has 1 aromatic heterocycles. The summed E-state index contributed by atoms with van der Waals surface area (Å²) in [5.74, 6) is -0.397. The number of carbonyl (C=O) groups excluding carboxylic acids is 1. The SMILES string of the molecule is Cc1ccccc1NC(=O)C(C#N)=Cc1ccc(Br)s1. The van der Waals surface area contributed by atoms with Crippen LogP contribution >= 0.6 is 27.3 Å². The summed E-state index contributed by atoms with van der Waals surface area (Å²) in [6.45, 7) is 1.90. The van der Waals surface area contributed by atoms with Gasteiger partial charge in [0.15, 0.2) is 0 Å². The van der Waals surface area contributed by atoms with Crippen LogP contribution in [0.3, 0.4) is 0 Å². The number of hydrogen-bond acceptors (Lipinski definition) is 3. The summed E-state index contributed by atoms with van der Waals surface area (Å²) in [7, 11) is 0. The number of nitrogens with zero attached hydrogens (tertiary/aromatic N) is 1. The first-order chi connectivity index (χ1) is 9.60. The van der Waals surface area contributed by atoms with Crippen molar-refractivity contribution in [2.24, 2.45) is 0 Å². The van der Waals surface area contributed by atoms with Gasteiger partial charge in [-0.05, 0) is 52.7 Å². The Kier molecular flexibility index (Phi) is 4.72. The molecule has 1 amide bonds. The Labute approximate surface area is 129 Å². The molecule has 0 aliphatic heterocycles. The number of rotatable bonds is 3. The van der Waals surface area contributed by atoms with Gasteiger partial charge >= 0.3 is 0 Å². The Morgan fingerprint density at radius 3 is 2.70 bits per heavy atom. The quantitative estimate of drug-likeness (QED) is 0.662. The molecule has 1 aromatic carbocycles. The van der Waals surface area contributed by atoms with Crippen molar-refractivity contribution in [3.63, 3.8) is 0 Å². The standard InChI is InChI=1S/C15H11BrN2OS/c1-10-4-2-3-5-13(10)18-15(19)11(9-17)8-12-6-7-14(16)20-12/h2-8H,1H3,(H,18,19). The van der Waals surface area contributed by atoms with Crippen molar-refractivity contribution in [3.05, 3.63) is 56.2 Å². The summed E-state index contributed by atoms with van der Waals surface area (Å²) < 4.78 is 0.959. The van der Waals surface area contributed by atoms with E-state index in [4.69, 9.17) is 5.26 Å². The van der Waals surface area contributed by atoms with E-state index >= 15 is 0 Å². The summed E-state index contributed by atoms with van der Waals surface area (Å²) in [5, 5.41) is 11.9. The Balaban J connectivity index is 2.21. The highest BCUT2D eigenvalue weighted by Gasteiger charge is 2.11. The van der Waals surface area contributed by atoms with Gasteiger partial charge < -0.3 is 5.32 Å². The highest BCUT2D eigenvalue weighted by atomic mass is 79.9. The number of halogens is 1. The lowest BCUT2D eigenvalue weighted by atomic mass is 10.2. The molecule has 0 aliphatic rings. The fraction of sp³-hybridized carbons (Fsp3) is 0.0667. The summed E-state index contributed by atoms with van der Waals surface area (Å²) in [5.41, 5.74) is 1.76. The van der Waals surface area contributed by atoms with Crippen LogP contribution in [0.2, 0.25) is 0 Å². The van der Waals surface area contributed by atoms with Gasteiger partial charge in [0.2, 0.25) is 0 Å². The van der Waals surface area contributed by atoms with Crippen molar-refractivity contribution in [1.29, 1.82) is 5.26 Å². The van der Waals surface area contributed by atoms with Crippen molar-refractivity contribution < 1.29 is 4.79 Å². The molecule has 0 radical (unpaired) electrons. The minimum atomic E-state index is -0.397. The number of nitriles is 1. The monoisotopic (exact) mass is 346 g/mol. The largest absolute Gasteiger partial charge is 0.321 e. The van der Waals surface area contributed by atoms with E-state index in [1.165, 1.54) is 11.3 Å². The van der Waals surface area contributed by atoms with Crippen LogP contribution in [0.5, 0.6) is 0 Å². The van der Waals surface area contributed by atoms with Crippen molar-refractivity contribution in [2.45, 2.75) is 6.92 Å². The molecule has 1 heterocycles. The molecule has 1 N–H and O–H groups in total. The zero-order chi connectivity index (χ0) is 14.5. The van der Waals surface area contributed by atoms with E-state index in [-0.39, 0.29) is 5.57 Å². The van der Waals surface area contributed by atoms with E-state index in [2.05, 4.69) is 21.2 Å². The molecular weight excluding hydrogens is 336 g/mol. The van der Waals surface area contributed by atoms with Crippen LogP contribution in [-0.4, -0.2) is 5.91 Å². The Morgan fingerprint density at radius 1 is 1.35 bits per heavy atom. The molecule has 100 valence electrons. The summed E-state index contributed by atoms with van der Waals surface area (Å²) in [6, 6.07) is 13.1. The number of aryl methyl sites for hydroxylation is 1. The van der Waals surface area contributed by atoms with Crippen molar-refractivity contribution >= 4 is 44.9 Å². The Hall–Kier alpha value is -1.90. The molecule has 0 bridgehead atoms. The van der Waals surface area contributed by atoms with E-state index in [9.17, 15) is 4.79 Å². The van der Waals surface area contributed by atoms with Gasteiger partial charge in [0.25, 0.3) is 5.91 Å². The van der Waals surface area contributed by atoms with Crippen LogP contribution in [-0.2, 0) is 4.79 Å². The summed E-state index contributed by atoms with van der Waals surface area (Å²) in [6.07, 6.45) is 1.59. The van der Waals surface area contributed by atoms with Crippen LogP contribution in [0, 0.1) is 18.3 Å². The first-order valence-electron chi connectivity index (χ1n) is 5.84. The normalized spacial score (nSPS) is 10.9. The second-order valence-electron chi connectivity index (χ2n) is 4.08. The second kappa shape index (κ2) is 6.51. The van der Waals surface area contributed by atoms with Gasteiger partial charge in [0.1, 0.15) is 11.6 Å². The van der Waals surface area contributed by atoms with E-state index in [1.54, 1.807) is 6.08 Å². The highest BCUT2D eigenvalue weighted by molar-refractivity contribution is 9.11. The number of nitrogens with one attached hydrogen (secondary N) is 1. The molecule has 20 heavy (non-hydrogen) atoms. The molecule has 2 aromatic rings. The maximum atomic E-state index is 12.1. The number of carbonyl (C=O) groups is 1. The molecule has 0 spiro atoms. The topological polar surface area (TPSA) is 52.9 Å². The molecular formula is C15H11BrN2OS. The maximum absolute atomic E-state index is 12.1. The van der Waals surface area contributed by atoms with Gasteiger partial charge in [-0.15, -0.1) is 11.3 Å². The van der Waals surface area contributed by atoms with Crippen molar-refractivity contribution in [3.8, 4) is 6.07 Å². The zero-order valence-electron chi connectivity index (χ0n) is 10.7. The predicted molar refractivity (Wildman–Crippen MR) is 85.4 cm³/mol. The first-order valence-corrected chi connectivity index (χ1v) is 7.45. The molecule has 0 aliphatic carbocycles. The minimum absolute atomic E-state index is 0.0857. The fourth-order valence-electron chi connectivity index (χ4n) is 1.60. The zero-order valence-corrected chi connectivity index (χ0v) is 13.1. The van der Waals surface area contributed by atoms with Gasteiger partial charge in [0.05, 0.1) is 3.79 Å². The minimum Gasteiger partial charge on any atom is -0.321 e. The summed E-state index contributed by atoms with van der Waals surface area (Å²) in [4.78, 5) is 13.0. The van der Waals surface area contributed by atoms with Crippen LogP contribution < -0.4 is 5.32 Å². The summed E-state index contributed by atoms with van der Waals surface area (Å²) >= 11 is 4.82. The van der Waals surface area contributed by atoms with Gasteiger partial charge in [-0.2, -0.15) is 5.26 Å². The predicted octanol–water partition coefficient (Wildman–Crippen LogP) is 4.36. The number of anilines is 1. The second-order valence-corrected chi connectivity index (χ2v) is 6.58. The van der Waals surface area contributed by atoms with Crippen LogP contribution in [0.4, 0.5) is 5.69 Å². The lowest BCUT2D eigenvalue weighted by Gasteiger charge is -2.06. The third-order valence-corrected chi connectivity index (χ3v) is 4.21. The lowest BCUT2D eigenvalue weighted by molar-refractivity contribution is -0.112. The Bertz CT molecular complexity index is 713. The third kappa shape index (κ3) is 3.56. The molecule has 2 rings (SSSR count). The number of benzene rings is 1. The average Bonchev–Trinajstić information content (AvgIpc) is 2.84. The molecule has 0 saturated heterocycles. The molecule has 0 atom stereocenters. The third-order valence-electron chi connectivity index (χ3n) is 2.64. The molecule has 0 fully saturated rings. The van der Waals surface area contributed by atoms with E-state index in [0.29, 0.717) is 5.69 Å². The molecule has 5 heteroatoms. The van der Waals surface area contributed by atoms with Gasteiger partial charge in [-0.3, -0.25) is 4.79 Å². The molecule has 3 nitrogen and oxygen atoms in total. The number of para-hydroxylation sites is 1. The number of hydrogen-bond donors (Lipinski definition) is 1. The van der Waals surface area contributed by atoms with E-state index in [1.807, 2.05) is 49.4 Å². The maximum Gasteiger partial charge on any atom is 0.266 e. The van der Waals surface area contributed by atoms with Crippen molar-refractivity contribution in [2.75, 3.05) is 5.32 Å². The fourth-order valence-corrected chi connectivity index (χ4v) is 2.97. The number of thiophene rings is 1. The van der Waals surface area contributed by atoms with Gasteiger partial charge in [-0.1, -0.05) is 18.2 Å². The smallest absolute Gasteiger partial charge is 0.266 e. The average molecular weight is 347 g/mol. The van der Waals surface area contributed by atoms with E-state index < -0.39 is 5.91 Å².